The van der Waals surface area contributed by atoms with E-state index in [4.69, 9.17) is 0 Å². The van der Waals surface area contributed by atoms with Gasteiger partial charge >= 0.3 is 0 Å². The number of halogens is 1. The zero-order chi connectivity index (χ0) is 17.8. The SMILES string of the molecule is CS(=O)(=O)c1ccc(N2CCCc3ccccc32)c2c1[C@H](O)[C@H](F)C2. The number of para-hydroxylation sites is 1. The summed E-state index contributed by atoms with van der Waals surface area (Å²) in [6.45, 7) is 0.786. The summed E-state index contributed by atoms with van der Waals surface area (Å²) in [6, 6.07) is 11.3. The first-order valence-electron chi connectivity index (χ1n) is 8.41. The summed E-state index contributed by atoms with van der Waals surface area (Å²) in [6.07, 6.45) is 0.229. The van der Waals surface area contributed by atoms with Crippen LogP contribution in [0.4, 0.5) is 15.8 Å². The Kier molecular flexibility index (Phi) is 3.85. The van der Waals surface area contributed by atoms with Crippen molar-refractivity contribution in [1.82, 2.24) is 0 Å². The molecule has 1 aliphatic heterocycles. The van der Waals surface area contributed by atoms with E-state index in [1.165, 1.54) is 11.6 Å². The molecule has 1 heterocycles. The Morgan fingerprint density at radius 3 is 2.68 bits per heavy atom. The van der Waals surface area contributed by atoms with Gasteiger partial charge in [-0.25, -0.2) is 12.8 Å². The van der Waals surface area contributed by atoms with E-state index >= 15 is 0 Å². The van der Waals surface area contributed by atoms with Crippen molar-refractivity contribution in [2.24, 2.45) is 0 Å². The highest BCUT2D eigenvalue weighted by atomic mass is 32.2. The molecule has 4 nitrogen and oxygen atoms in total. The van der Waals surface area contributed by atoms with Gasteiger partial charge in [0.2, 0.25) is 0 Å². The third-order valence-electron chi connectivity index (χ3n) is 5.13. The monoisotopic (exact) mass is 361 g/mol. The van der Waals surface area contributed by atoms with Gasteiger partial charge in [0.15, 0.2) is 9.84 Å². The second-order valence-electron chi connectivity index (χ2n) is 6.80. The number of hydrogen-bond acceptors (Lipinski definition) is 4. The van der Waals surface area contributed by atoms with Gasteiger partial charge in [-0.1, -0.05) is 18.2 Å². The van der Waals surface area contributed by atoms with Crippen LogP contribution in [-0.4, -0.2) is 32.5 Å². The molecule has 132 valence electrons. The smallest absolute Gasteiger partial charge is 0.175 e. The van der Waals surface area contributed by atoms with Gasteiger partial charge in [0.05, 0.1) is 4.90 Å². The molecule has 2 aromatic carbocycles. The van der Waals surface area contributed by atoms with Gasteiger partial charge in [-0.2, -0.15) is 0 Å². The molecule has 0 saturated carbocycles. The first-order chi connectivity index (χ1) is 11.9. The first kappa shape index (κ1) is 16.5. The maximum atomic E-state index is 14.3. The van der Waals surface area contributed by atoms with Gasteiger partial charge < -0.3 is 10.0 Å². The molecular formula is C19H20FNO3S. The van der Waals surface area contributed by atoms with E-state index in [1.807, 2.05) is 18.2 Å². The van der Waals surface area contributed by atoms with Crippen LogP contribution in [0, 0.1) is 0 Å². The van der Waals surface area contributed by atoms with Crippen molar-refractivity contribution in [2.45, 2.75) is 36.4 Å². The zero-order valence-electron chi connectivity index (χ0n) is 13.9. The summed E-state index contributed by atoms with van der Waals surface area (Å²) in [5.41, 5.74) is 3.94. The van der Waals surface area contributed by atoms with E-state index < -0.39 is 22.1 Å². The van der Waals surface area contributed by atoms with Gasteiger partial charge in [-0.3, -0.25) is 0 Å². The van der Waals surface area contributed by atoms with Gasteiger partial charge in [0, 0.05) is 36.2 Å². The number of aliphatic hydroxyl groups is 1. The van der Waals surface area contributed by atoms with Gasteiger partial charge in [-0.15, -0.1) is 0 Å². The molecule has 0 saturated heterocycles. The van der Waals surface area contributed by atoms with Crippen molar-refractivity contribution in [3.05, 3.63) is 53.1 Å². The quantitative estimate of drug-likeness (QED) is 0.893. The number of benzene rings is 2. The van der Waals surface area contributed by atoms with E-state index in [1.54, 1.807) is 6.07 Å². The van der Waals surface area contributed by atoms with Crippen molar-refractivity contribution in [2.75, 3.05) is 17.7 Å². The van der Waals surface area contributed by atoms with Gasteiger partial charge in [0.25, 0.3) is 0 Å². The molecule has 1 N–H and O–H groups in total. The Bertz CT molecular complexity index is 942. The van der Waals surface area contributed by atoms with E-state index in [0.29, 0.717) is 5.56 Å². The van der Waals surface area contributed by atoms with Crippen LogP contribution in [0.15, 0.2) is 41.3 Å². The van der Waals surface area contributed by atoms with Crippen molar-refractivity contribution < 1.29 is 17.9 Å². The Morgan fingerprint density at radius 1 is 1.16 bits per heavy atom. The summed E-state index contributed by atoms with van der Waals surface area (Å²) in [5.74, 6) is 0. The first-order valence-corrected chi connectivity index (χ1v) is 10.3. The highest BCUT2D eigenvalue weighted by Gasteiger charge is 2.38. The molecule has 0 spiro atoms. The summed E-state index contributed by atoms with van der Waals surface area (Å²) < 4.78 is 38.4. The van der Waals surface area contributed by atoms with Crippen LogP contribution in [0.3, 0.4) is 0 Å². The molecule has 2 aliphatic rings. The molecular weight excluding hydrogens is 341 g/mol. The third-order valence-corrected chi connectivity index (χ3v) is 6.29. The minimum Gasteiger partial charge on any atom is -0.385 e. The summed E-state index contributed by atoms with van der Waals surface area (Å²) in [5, 5.41) is 10.3. The fourth-order valence-corrected chi connectivity index (χ4v) is 4.98. The highest BCUT2D eigenvalue weighted by Crippen LogP contribution is 2.45. The summed E-state index contributed by atoms with van der Waals surface area (Å²) >= 11 is 0. The lowest BCUT2D eigenvalue weighted by Crippen LogP contribution is -2.25. The number of alkyl halides is 1. The number of rotatable bonds is 2. The fourth-order valence-electron chi connectivity index (χ4n) is 4.02. The molecule has 0 radical (unpaired) electrons. The van der Waals surface area contributed by atoms with Crippen molar-refractivity contribution in [3.8, 4) is 0 Å². The van der Waals surface area contributed by atoms with E-state index in [2.05, 4.69) is 11.0 Å². The predicted octanol–water partition coefficient (Wildman–Crippen LogP) is 3.10. The zero-order valence-corrected chi connectivity index (χ0v) is 14.8. The number of aryl methyl sites for hydroxylation is 1. The van der Waals surface area contributed by atoms with Gasteiger partial charge in [0.1, 0.15) is 12.3 Å². The van der Waals surface area contributed by atoms with E-state index in [-0.39, 0.29) is 16.9 Å². The van der Waals surface area contributed by atoms with Crippen LogP contribution in [0.5, 0.6) is 0 Å². The molecule has 6 heteroatoms. The molecule has 25 heavy (non-hydrogen) atoms. The minimum atomic E-state index is -3.54. The van der Waals surface area contributed by atoms with Crippen molar-refractivity contribution >= 4 is 21.2 Å². The van der Waals surface area contributed by atoms with E-state index in [9.17, 15) is 17.9 Å². The van der Waals surface area contributed by atoms with Crippen LogP contribution in [0.25, 0.3) is 0 Å². The number of nitrogens with zero attached hydrogens (tertiary/aromatic N) is 1. The second kappa shape index (κ2) is 5.81. The van der Waals surface area contributed by atoms with Crippen LogP contribution >= 0.6 is 0 Å². The fraction of sp³-hybridized carbons (Fsp3) is 0.368. The lowest BCUT2D eigenvalue weighted by Gasteiger charge is -2.33. The minimum absolute atomic E-state index is 0.0317. The summed E-state index contributed by atoms with van der Waals surface area (Å²) in [4.78, 5) is 2.15. The third kappa shape index (κ3) is 2.64. The maximum absolute atomic E-state index is 14.3. The van der Waals surface area contributed by atoms with Crippen molar-refractivity contribution in [3.63, 3.8) is 0 Å². The number of anilines is 2. The number of aliphatic hydroxyl groups excluding tert-OH is 1. The number of sulfone groups is 1. The van der Waals surface area contributed by atoms with Crippen LogP contribution in [0.2, 0.25) is 0 Å². The Labute approximate surface area is 146 Å². The molecule has 2 atom stereocenters. The molecule has 0 amide bonds. The maximum Gasteiger partial charge on any atom is 0.175 e. The standard InChI is InChI=1S/C19H20FNO3S/c1-25(23,24)17-9-8-16(13-11-14(20)19(22)18(13)17)21-10-4-6-12-5-2-3-7-15(12)21/h2-3,5,7-9,14,19,22H,4,6,10-11H2,1H3/t14-,19-/m1/s1. The normalized spacial score (nSPS) is 22.6. The molecule has 0 fully saturated rings. The largest absolute Gasteiger partial charge is 0.385 e. The average molecular weight is 361 g/mol. The number of fused-ring (bicyclic) bond motifs is 2. The predicted molar refractivity (Wildman–Crippen MR) is 94.9 cm³/mol. The van der Waals surface area contributed by atoms with E-state index in [0.717, 1.165) is 37.0 Å². The molecule has 4 rings (SSSR count). The highest BCUT2D eigenvalue weighted by molar-refractivity contribution is 7.90. The Hall–Kier alpha value is -1.92. The van der Waals surface area contributed by atoms with Crippen LogP contribution in [-0.2, 0) is 22.7 Å². The lowest BCUT2D eigenvalue weighted by molar-refractivity contribution is 0.0907. The molecule has 0 unspecified atom stereocenters. The second-order valence-corrected chi connectivity index (χ2v) is 8.78. The lowest BCUT2D eigenvalue weighted by atomic mass is 9.99. The van der Waals surface area contributed by atoms with Crippen LogP contribution in [0.1, 0.15) is 29.2 Å². The Balaban J connectivity index is 1.92. The number of hydrogen-bond donors (Lipinski definition) is 1. The Morgan fingerprint density at radius 2 is 1.92 bits per heavy atom. The van der Waals surface area contributed by atoms with Crippen LogP contribution < -0.4 is 4.90 Å². The molecule has 1 aliphatic carbocycles. The molecule has 0 bridgehead atoms. The topological polar surface area (TPSA) is 57.6 Å². The molecule has 0 aromatic heterocycles. The molecule has 2 aromatic rings. The van der Waals surface area contributed by atoms with Crippen molar-refractivity contribution in [1.29, 1.82) is 0 Å². The summed E-state index contributed by atoms with van der Waals surface area (Å²) in [7, 11) is -3.54. The average Bonchev–Trinajstić information content (AvgIpc) is 2.88. The van der Waals surface area contributed by atoms with Gasteiger partial charge in [-0.05, 0) is 42.2 Å².